The zero-order valence-electron chi connectivity index (χ0n) is 23.4. The van der Waals surface area contributed by atoms with Gasteiger partial charge in [0.2, 0.25) is 5.91 Å². The van der Waals surface area contributed by atoms with Crippen LogP contribution in [0.1, 0.15) is 48.8 Å². The molecule has 1 aliphatic rings. The molecule has 4 aromatic rings. The van der Waals surface area contributed by atoms with Gasteiger partial charge in [0.15, 0.2) is 0 Å². The third-order valence-corrected chi connectivity index (χ3v) is 7.42. The number of H-pyrrole nitrogens is 1. The van der Waals surface area contributed by atoms with Crippen LogP contribution in [0.4, 0.5) is 13.2 Å². The Bertz CT molecular complexity index is 1490. The fraction of sp³-hybridized carbons (Fsp3) is 0.333. The summed E-state index contributed by atoms with van der Waals surface area (Å²) < 4.78 is 47.6. The Morgan fingerprint density at radius 1 is 0.929 bits per heavy atom. The quantitative estimate of drug-likeness (QED) is 0.143. The second-order valence-electron chi connectivity index (χ2n) is 10.5. The maximum absolute atomic E-state index is 13.9. The third-order valence-electron chi connectivity index (χ3n) is 7.42. The first kappa shape index (κ1) is 29.4. The lowest BCUT2D eigenvalue weighted by atomic mass is 9.87. The molecule has 1 aromatic heterocycles. The Morgan fingerprint density at radius 3 is 2.40 bits per heavy atom. The van der Waals surface area contributed by atoms with Gasteiger partial charge >= 0.3 is 6.18 Å². The van der Waals surface area contributed by atoms with Crippen molar-refractivity contribution in [3.8, 4) is 5.75 Å². The van der Waals surface area contributed by atoms with E-state index in [0.29, 0.717) is 47.6 Å². The summed E-state index contributed by atoms with van der Waals surface area (Å²) >= 11 is 0. The number of nitrogens with zero attached hydrogens (tertiary/aromatic N) is 2. The molecule has 0 saturated carbocycles. The summed E-state index contributed by atoms with van der Waals surface area (Å²) in [6.07, 6.45) is -0.259. The van der Waals surface area contributed by atoms with Crippen molar-refractivity contribution in [3.63, 3.8) is 0 Å². The summed E-state index contributed by atoms with van der Waals surface area (Å²) in [5, 5.41) is 11.1. The van der Waals surface area contributed by atoms with Crippen LogP contribution in [-0.4, -0.2) is 60.0 Å². The summed E-state index contributed by atoms with van der Waals surface area (Å²) in [7, 11) is 0. The lowest BCUT2D eigenvalue weighted by Crippen LogP contribution is -2.29. The highest BCUT2D eigenvalue weighted by Gasteiger charge is 2.31. The van der Waals surface area contributed by atoms with Gasteiger partial charge in [-0.15, -0.1) is 0 Å². The Morgan fingerprint density at radius 2 is 1.67 bits per heavy atom. The highest BCUT2D eigenvalue weighted by atomic mass is 19.4. The van der Waals surface area contributed by atoms with E-state index in [2.05, 4.69) is 15.5 Å². The molecule has 0 spiro atoms. The van der Waals surface area contributed by atoms with Gasteiger partial charge in [-0.25, -0.2) is 0 Å². The first-order valence-electron chi connectivity index (χ1n) is 14.4. The molecule has 3 aromatic carbocycles. The van der Waals surface area contributed by atoms with Crippen molar-refractivity contribution in [1.82, 2.24) is 20.4 Å². The second-order valence-corrected chi connectivity index (χ2v) is 10.5. The van der Waals surface area contributed by atoms with E-state index in [-0.39, 0.29) is 11.5 Å². The Hall–Kier alpha value is -4.11. The molecule has 5 rings (SSSR count). The lowest BCUT2D eigenvalue weighted by molar-refractivity contribution is -0.130. The van der Waals surface area contributed by atoms with Crippen LogP contribution >= 0.6 is 0 Å². The number of amides is 1. The average molecular weight is 577 g/mol. The summed E-state index contributed by atoms with van der Waals surface area (Å²) in [5.74, 6) is 0.862. The number of fused-ring (bicyclic) bond motifs is 1. The Labute approximate surface area is 243 Å². The summed E-state index contributed by atoms with van der Waals surface area (Å²) in [5.41, 5.74) is 3.38. The molecule has 0 atom stereocenters. The number of halogens is 3. The van der Waals surface area contributed by atoms with E-state index in [9.17, 15) is 18.0 Å². The number of likely N-dealkylation sites (tertiary alicyclic amines) is 1. The van der Waals surface area contributed by atoms with Gasteiger partial charge in [0.25, 0.3) is 0 Å². The van der Waals surface area contributed by atoms with Gasteiger partial charge in [-0.3, -0.25) is 9.89 Å². The molecule has 0 radical (unpaired) electrons. The number of rotatable bonds is 12. The number of ether oxygens (including phenoxy) is 1. The minimum atomic E-state index is -4.40. The van der Waals surface area contributed by atoms with E-state index in [1.54, 1.807) is 60.8 Å². The van der Waals surface area contributed by atoms with Gasteiger partial charge in [0, 0.05) is 31.4 Å². The Kier molecular flexibility index (Phi) is 9.59. The molecular weight excluding hydrogens is 541 g/mol. The number of benzene rings is 3. The first-order chi connectivity index (χ1) is 20.4. The van der Waals surface area contributed by atoms with E-state index >= 15 is 0 Å². The molecular formula is C33H35F3N4O2. The first-order valence-corrected chi connectivity index (χ1v) is 14.4. The van der Waals surface area contributed by atoms with Gasteiger partial charge in [0.05, 0.1) is 18.1 Å². The molecule has 1 fully saturated rings. The molecule has 9 heteroatoms. The monoisotopic (exact) mass is 576 g/mol. The zero-order chi connectivity index (χ0) is 29.4. The Balaban J connectivity index is 1.29. The second kappa shape index (κ2) is 13.7. The van der Waals surface area contributed by atoms with E-state index < -0.39 is 12.6 Å². The molecule has 1 amide bonds. The molecule has 0 bridgehead atoms. The number of aromatic nitrogens is 2. The standard InChI is InChI=1S/C33H35F3N4O2/c34-33(35,36)22-29(24-7-2-1-3-8-24)32(26-12-15-30-27(21-26)23-38-39-30)25-10-13-28(14-11-25)42-20-17-37-16-6-9-31(41)40-18-4-5-19-40/h1-3,7-8,10-15,21,23,37H,4-6,9,16-20,22H2,(H,38,39). The van der Waals surface area contributed by atoms with Crippen molar-refractivity contribution in [2.45, 2.75) is 38.3 Å². The number of hydrogen-bond donors (Lipinski definition) is 2. The molecule has 0 aliphatic carbocycles. The molecule has 42 heavy (non-hydrogen) atoms. The number of hydrogen-bond acceptors (Lipinski definition) is 4. The van der Waals surface area contributed by atoms with Crippen molar-refractivity contribution in [2.75, 3.05) is 32.8 Å². The van der Waals surface area contributed by atoms with Crippen molar-refractivity contribution in [3.05, 3.63) is 95.7 Å². The molecule has 220 valence electrons. The predicted molar refractivity (Wildman–Crippen MR) is 159 cm³/mol. The number of nitrogens with one attached hydrogen (secondary N) is 2. The minimum absolute atomic E-state index is 0.201. The maximum Gasteiger partial charge on any atom is 0.393 e. The minimum Gasteiger partial charge on any atom is -0.492 e. The molecule has 2 N–H and O–H groups in total. The summed E-state index contributed by atoms with van der Waals surface area (Å²) in [6, 6.07) is 21.4. The van der Waals surface area contributed by atoms with Crippen LogP contribution in [-0.2, 0) is 4.79 Å². The van der Waals surface area contributed by atoms with Gasteiger partial charge in [-0.1, -0.05) is 48.5 Å². The summed E-state index contributed by atoms with van der Waals surface area (Å²) in [4.78, 5) is 14.1. The normalized spacial score (nSPS) is 14.3. The summed E-state index contributed by atoms with van der Waals surface area (Å²) in [6.45, 7) is 3.55. The lowest BCUT2D eigenvalue weighted by Gasteiger charge is -2.19. The SMILES string of the molecule is O=C(CCCNCCOc1ccc(C(=C(CC(F)(F)F)c2ccccc2)c2ccc3[nH]ncc3c2)cc1)N1CCCC1. The van der Waals surface area contributed by atoms with Crippen LogP contribution in [0.3, 0.4) is 0 Å². The topological polar surface area (TPSA) is 70.2 Å². The van der Waals surface area contributed by atoms with Crippen LogP contribution in [0.15, 0.2) is 79.0 Å². The van der Waals surface area contributed by atoms with Crippen LogP contribution in [0.2, 0.25) is 0 Å². The van der Waals surface area contributed by atoms with Gasteiger partial charge < -0.3 is 15.0 Å². The molecule has 2 heterocycles. The predicted octanol–water partition coefficient (Wildman–Crippen LogP) is 6.85. The van der Waals surface area contributed by atoms with Crippen LogP contribution < -0.4 is 10.1 Å². The van der Waals surface area contributed by atoms with Crippen LogP contribution in [0, 0.1) is 0 Å². The zero-order valence-corrected chi connectivity index (χ0v) is 23.4. The number of carbonyl (C=O) groups is 1. The largest absolute Gasteiger partial charge is 0.492 e. The van der Waals surface area contributed by atoms with E-state index in [4.69, 9.17) is 4.74 Å². The van der Waals surface area contributed by atoms with E-state index in [0.717, 1.165) is 49.8 Å². The smallest absolute Gasteiger partial charge is 0.393 e. The number of alkyl halides is 3. The molecule has 0 unspecified atom stereocenters. The van der Waals surface area contributed by atoms with Gasteiger partial charge in [-0.05, 0) is 77.9 Å². The van der Waals surface area contributed by atoms with E-state index in [1.807, 2.05) is 23.1 Å². The number of aromatic amines is 1. The van der Waals surface area contributed by atoms with Crippen LogP contribution in [0.5, 0.6) is 5.75 Å². The third kappa shape index (κ3) is 7.79. The molecule has 6 nitrogen and oxygen atoms in total. The van der Waals surface area contributed by atoms with Gasteiger partial charge in [0.1, 0.15) is 12.4 Å². The number of carbonyl (C=O) groups excluding carboxylic acids is 1. The molecule has 1 aliphatic heterocycles. The van der Waals surface area contributed by atoms with Crippen molar-refractivity contribution >= 4 is 28.0 Å². The van der Waals surface area contributed by atoms with Crippen molar-refractivity contribution in [1.29, 1.82) is 0 Å². The maximum atomic E-state index is 13.9. The number of allylic oxidation sites excluding steroid dienone is 1. The highest BCUT2D eigenvalue weighted by molar-refractivity contribution is 6.00. The van der Waals surface area contributed by atoms with Crippen molar-refractivity contribution in [2.24, 2.45) is 0 Å². The van der Waals surface area contributed by atoms with Crippen molar-refractivity contribution < 1.29 is 22.7 Å². The van der Waals surface area contributed by atoms with Gasteiger partial charge in [-0.2, -0.15) is 18.3 Å². The average Bonchev–Trinajstić information content (AvgIpc) is 3.69. The fourth-order valence-corrected chi connectivity index (χ4v) is 5.36. The highest BCUT2D eigenvalue weighted by Crippen LogP contribution is 2.40. The molecule has 1 saturated heterocycles. The fourth-order valence-electron chi connectivity index (χ4n) is 5.36. The van der Waals surface area contributed by atoms with Crippen LogP contribution in [0.25, 0.3) is 22.0 Å². The van der Waals surface area contributed by atoms with E-state index in [1.165, 1.54) is 0 Å².